The van der Waals surface area contributed by atoms with Crippen molar-refractivity contribution in [3.05, 3.63) is 16.2 Å². The predicted molar refractivity (Wildman–Crippen MR) is 88.4 cm³/mol. The summed E-state index contributed by atoms with van der Waals surface area (Å²) in [5.41, 5.74) is 0. The molecule has 0 aliphatic heterocycles. The Bertz CT molecular complexity index is 632. The minimum Gasteiger partial charge on any atom is -0.474 e. The van der Waals surface area contributed by atoms with Crippen LogP contribution in [0.4, 0.5) is 0 Å². The summed E-state index contributed by atoms with van der Waals surface area (Å²) < 4.78 is 6.22. The van der Waals surface area contributed by atoms with Crippen LogP contribution in [0.25, 0.3) is 10.2 Å². The Morgan fingerprint density at radius 3 is 2.62 bits per heavy atom. The molecule has 0 N–H and O–H groups in total. The van der Waals surface area contributed by atoms with Crippen molar-refractivity contribution < 1.29 is 4.74 Å². The number of thiophene rings is 1. The number of fused-ring (bicyclic) bond motifs is 1. The van der Waals surface area contributed by atoms with E-state index in [0.717, 1.165) is 29.5 Å². The Hall–Kier alpha value is -0.870. The second kappa shape index (κ2) is 6.09. The molecule has 2 heterocycles. The average molecular weight is 325 g/mol. The quantitative estimate of drug-likeness (QED) is 0.736. The van der Waals surface area contributed by atoms with Crippen molar-refractivity contribution in [3.63, 3.8) is 0 Å². The Labute approximate surface area is 134 Å². The number of aromatic nitrogens is 2. The van der Waals surface area contributed by atoms with Crippen LogP contribution < -0.4 is 4.74 Å². The fourth-order valence-corrected chi connectivity index (χ4v) is 4.48. The van der Waals surface area contributed by atoms with Crippen LogP contribution in [0.1, 0.15) is 44.9 Å². The Kier molecular flexibility index (Phi) is 4.36. The Balaban J connectivity index is 1.90. The second-order valence-corrected chi connectivity index (χ2v) is 7.69. The first-order chi connectivity index (χ1) is 10.0. The first-order valence-electron chi connectivity index (χ1n) is 7.67. The van der Waals surface area contributed by atoms with E-state index in [9.17, 15) is 0 Å². The smallest absolute Gasteiger partial charge is 0.227 e. The van der Waals surface area contributed by atoms with Crippen molar-refractivity contribution in [3.8, 4) is 5.88 Å². The molecule has 0 bridgehead atoms. The third-order valence-electron chi connectivity index (χ3n) is 4.14. The molecular weight excluding hydrogens is 304 g/mol. The monoisotopic (exact) mass is 324 g/mol. The van der Waals surface area contributed by atoms with Gasteiger partial charge in [-0.15, -0.1) is 11.3 Å². The topological polar surface area (TPSA) is 35.0 Å². The Morgan fingerprint density at radius 2 is 1.95 bits per heavy atom. The lowest BCUT2D eigenvalue weighted by molar-refractivity contribution is 0.0982. The van der Waals surface area contributed by atoms with Gasteiger partial charge < -0.3 is 4.74 Å². The highest BCUT2D eigenvalue weighted by atomic mass is 35.5. The van der Waals surface area contributed by atoms with E-state index in [4.69, 9.17) is 16.3 Å². The summed E-state index contributed by atoms with van der Waals surface area (Å²) >= 11 is 7.73. The molecule has 0 amide bonds. The van der Waals surface area contributed by atoms with Crippen LogP contribution in [-0.4, -0.2) is 16.1 Å². The summed E-state index contributed by atoms with van der Waals surface area (Å²) in [5.74, 6) is 2.08. The number of ether oxygens (including phenoxy) is 1. The summed E-state index contributed by atoms with van der Waals surface area (Å²) in [6, 6.07) is 2.14. The number of rotatable bonds is 3. The fourth-order valence-electron chi connectivity index (χ4n) is 3.31. The number of aryl methyl sites for hydroxylation is 1. The number of nitrogens with zero attached hydrogens (tertiary/aromatic N) is 2. The van der Waals surface area contributed by atoms with Gasteiger partial charge >= 0.3 is 0 Å². The van der Waals surface area contributed by atoms with Crippen molar-refractivity contribution in [2.45, 2.75) is 52.6 Å². The van der Waals surface area contributed by atoms with Gasteiger partial charge in [0.05, 0.1) is 5.39 Å². The van der Waals surface area contributed by atoms with Gasteiger partial charge in [0.25, 0.3) is 0 Å². The fraction of sp³-hybridized carbons (Fsp3) is 0.625. The number of hydrogen-bond acceptors (Lipinski definition) is 4. The molecule has 3 rings (SSSR count). The van der Waals surface area contributed by atoms with Gasteiger partial charge in [-0.3, -0.25) is 0 Å². The molecule has 1 fully saturated rings. The van der Waals surface area contributed by atoms with Crippen LogP contribution in [0.3, 0.4) is 0 Å². The molecule has 114 valence electrons. The lowest BCUT2D eigenvalue weighted by Gasteiger charge is -2.31. The van der Waals surface area contributed by atoms with Gasteiger partial charge in [-0.2, -0.15) is 4.98 Å². The van der Waals surface area contributed by atoms with E-state index in [1.54, 1.807) is 11.3 Å². The maximum absolute atomic E-state index is 6.22. The van der Waals surface area contributed by atoms with Crippen molar-refractivity contribution in [2.75, 3.05) is 0 Å². The summed E-state index contributed by atoms with van der Waals surface area (Å²) in [6.07, 6.45) is 4.72. The lowest BCUT2D eigenvalue weighted by atomic mass is 9.82. The van der Waals surface area contributed by atoms with Crippen molar-refractivity contribution in [1.29, 1.82) is 0 Å². The molecule has 21 heavy (non-hydrogen) atoms. The molecule has 5 heteroatoms. The zero-order valence-corrected chi connectivity index (χ0v) is 14.3. The summed E-state index contributed by atoms with van der Waals surface area (Å²) in [5, 5.41) is 1.28. The summed E-state index contributed by atoms with van der Waals surface area (Å²) in [4.78, 5) is 10.9. The zero-order chi connectivity index (χ0) is 15.0. The third-order valence-corrected chi connectivity index (χ3v) is 5.49. The van der Waals surface area contributed by atoms with E-state index in [1.165, 1.54) is 11.3 Å². The minimum absolute atomic E-state index is 0.239. The van der Waals surface area contributed by atoms with Crippen LogP contribution >= 0.6 is 22.9 Å². The van der Waals surface area contributed by atoms with E-state index in [0.29, 0.717) is 17.7 Å². The normalized spacial score (nSPS) is 26.2. The lowest BCUT2D eigenvalue weighted by Crippen LogP contribution is -2.28. The standard InChI is InChI=1S/C16H21ClN2OS/c1-4-12-8-13-14(18-16(17)19-15(13)21-12)20-11-6-9(2)5-10(3)7-11/h8-11H,4-7H2,1-3H3. The van der Waals surface area contributed by atoms with E-state index in [2.05, 4.69) is 36.8 Å². The maximum Gasteiger partial charge on any atom is 0.227 e. The molecule has 0 spiro atoms. The molecule has 2 aromatic heterocycles. The molecule has 0 aromatic carbocycles. The van der Waals surface area contributed by atoms with Crippen molar-refractivity contribution >= 4 is 33.2 Å². The van der Waals surface area contributed by atoms with Gasteiger partial charge in [-0.25, -0.2) is 4.98 Å². The predicted octanol–water partition coefficient (Wildman–Crippen LogP) is 5.11. The van der Waals surface area contributed by atoms with Gasteiger partial charge in [0, 0.05) is 4.88 Å². The Morgan fingerprint density at radius 1 is 1.24 bits per heavy atom. The van der Waals surface area contributed by atoms with Gasteiger partial charge in [-0.1, -0.05) is 20.8 Å². The number of halogens is 1. The van der Waals surface area contributed by atoms with E-state index in [1.807, 2.05) is 0 Å². The molecule has 2 unspecified atom stereocenters. The van der Waals surface area contributed by atoms with Gasteiger partial charge in [0.15, 0.2) is 0 Å². The molecule has 0 saturated heterocycles. The molecule has 1 aliphatic carbocycles. The van der Waals surface area contributed by atoms with Crippen molar-refractivity contribution in [2.24, 2.45) is 11.8 Å². The zero-order valence-electron chi connectivity index (χ0n) is 12.7. The molecule has 2 aromatic rings. The van der Waals surface area contributed by atoms with Crippen LogP contribution in [-0.2, 0) is 6.42 Å². The van der Waals surface area contributed by atoms with Crippen LogP contribution in [0.15, 0.2) is 6.07 Å². The van der Waals surface area contributed by atoms with Crippen LogP contribution in [0.5, 0.6) is 5.88 Å². The van der Waals surface area contributed by atoms with E-state index >= 15 is 0 Å². The highest BCUT2D eigenvalue weighted by Gasteiger charge is 2.26. The van der Waals surface area contributed by atoms with E-state index < -0.39 is 0 Å². The SMILES string of the molecule is CCc1cc2c(OC3CC(C)CC(C)C3)nc(Cl)nc2s1. The summed E-state index contributed by atoms with van der Waals surface area (Å²) in [7, 11) is 0. The maximum atomic E-state index is 6.22. The minimum atomic E-state index is 0.239. The molecule has 2 atom stereocenters. The number of hydrogen-bond donors (Lipinski definition) is 0. The van der Waals surface area contributed by atoms with Gasteiger partial charge in [0.1, 0.15) is 10.9 Å². The first-order valence-corrected chi connectivity index (χ1v) is 8.87. The second-order valence-electron chi connectivity index (χ2n) is 6.24. The molecular formula is C16H21ClN2OS. The molecule has 1 aliphatic rings. The third kappa shape index (κ3) is 3.32. The molecule has 1 saturated carbocycles. The summed E-state index contributed by atoms with van der Waals surface area (Å²) in [6.45, 7) is 6.74. The largest absolute Gasteiger partial charge is 0.474 e. The van der Waals surface area contributed by atoms with Gasteiger partial charge in [-0.05, 0) is 55.2 Å². The highest BCUT2D eigenvalue weighted by Crippen LogP contribution is 2.35. The van der Waals surface area contributed by atoms with E-state index in [-0.39, 0.29) is 11.4 Å². The average Bonchev–Trinajstić information content (AvgIpc) is 2.80. The molecule has 0 radical (unpaired) electrons. The van der Waals surface area contributed by atoms with Crippen LogP contribution in [0.2, 0.25) is 5.28 Å². The van der Waals surface area contributed by atoms with Crippen molar-refractivity contribution in [1.82, 2.24) is 9.97 Å². The van der Waals surface area contributed by atoms with Gasteiger partial charge in [0.2, 0.25) is 11.2 Å². The van der Waals surface area contributed by atoms with Crippen LogP contribution in [0, 0.1) is 11.8 Å². The highest BCUT2D eigenvalue weighted by molar-refractivity contribution is 7.18. The first kappa shape index (κ1) is 15.0. The molecule has 3 nitrogen and oxygen atoms in total.